The number of nitrogens with one attached hydrogen (secondary N) is 2. The molecule has 0 amide bonds. The molecule has 9 aromatic heterocycles. The molecule has 15 rings (SSSR count). The van der Waals surface area contributed by atoms with Crippen molar-refractivity contribution >= 4 is 144 Å². The summed E-state index contributed by atoms with van der Waals surface area (Å²) in [6, 6.07) is 63.3. The van der Waals surface area contributed by atoms with Crippen LogP contribution in [0.2, 0.25) is 5.15 Å². The minimum atomic E-state index is -2.04. The number of pyridine rings is 7. The molecular weight excluding hydrogens is 1990 g/mol. The number of carboxylic acid groups (broad SMARTS) is 3. The van der Waals surface area contributed by atoms with Crippen molar-refractivity contribution in [2.45, 2.75) is 70.4 Å². The number of aromatic hydroxyl groups is 1. The average Bonchev–Trinajstić information content (AvgIpc) is 0.756. The number of anilines is 2. The summed E-state index contributed by atoms with van der Waals surface area (Å²) in [4.78, 5) is 160. The van der Waals surface area contributed by atoms with E-state index in [-0.39, 0.29) is 84.1 Å². The van der Waals surface area contributed by atoms with Crippen LogP contribution < -0.4 is 73.1 Å². The molecule has 0 atom stereocenters. The Kier molecular flexibility index (Phi) is 47.4. The number of ether oxygens (including phenoxy) is 10. The zero-order chi connectivity index (χ0) is 106. The predicted octanol–water partition coefficient (Wildman–Crippen LogP) is 15.7. The number of carbonyl (C=O) groups is 7. The molecule has 0 bridgehead atoms. The van der Waals surface area contributed by atoms with Gasteiger partial charge in [0.25, 0.3) is 5.56 Å². The third-order valence-electron chi connectivity index (χ3n) is 19.1. The van der Waals surface area contributed by atoms with E-state index in [4.69, 9.17) is 109 Å². The number of halogens is 5. The molecule has 0 aliphatic rings. The first-order valence-electron chi connectivity index (χ1n) is 42.8. The molecule has 0 saturated carbocycles. The number of hydrogen-bond acceptors (Lipinski definition) is 34. The number of carboxylic acids is 3. The molecule has 6 aromatic carbocycles. The van der Waals surface area contributed by atoms with Gasteiger partial charge < -0.3 is 93.0 Å². The van der Waals surface area contributed by atoms with Gasteiger partial charge in [0.15, 0.2) is 16.9 Å². The lowest BCUT2D eigenvalue weighted by molar-refractivity contribution is -0.154. The molecule has 8 N–H and O–H groups in total. The minimum Gasteiger partial charge on any atom is -0.506 e. The largest absolute Gasteiger partial charge is 0.506 e. The number of aromatic nitrogens is 9. The van der Waals surface area contributed by atoms with Crippen LogP contribution in [0.1, 0.15) is 102 Å². The number of alkyl halides is 3. The Labute approximate surface area is 850 Å². The van der Waals surface area contributed by atoms with Crippen molar-refractivity contribution in [2.24, 2.45) is 5.73 Å². The van der Waals surface area contributed by atoms with Gasteiger partial charge in [0.2, 0.25) is 0 Å². The van der Waals surface area contributed by atoms with E-state index in [0.29, 0.717) is 59.3 Å². The highest BCUT2D eigenvalue weighted by Gasteiger charge is 2.26. The third-order valence-corrected chi connectivity index (χ3v) is 19.7. The fourth-order valence-corrected chi connectivity index (χ4v) is 12.8. The Hall–Kier alpha value is -16.8. The molecule has 40 nitrogen and oxygen atoms in total. The molecular formula is C100H97Cl5N12O28. The first-order valence-corrected chi connectivity index (χ1v) is 44.7. The normalized spacial score (nSPS) is 10.2. The molecule has 0 spiro atoms. The summed E-state index contributed by atoms with van der Waals surface area (Å²) in [5, 5.41) is 43.9. The first kappa shape index (κ1) is 115. The van der Waals surface area contributed by atoms with E-state index >= 15 is 0 Å². The van der Waals surface area contributed by atoms with Crippen molar-refractivity contribution in [3.05, 3.63) is 369 Å². The second kappa shape index (κ2) is 59.7. The molecule has 0 aliphatic carbocycles. The van der Waals surface area contributed by atoms with Crippen molar-refractivity contribution in [1.82, 2.24) is 43.6 Å². The van der Waals surface area contributed by atoms with Gasteiger partial charge in [-0.1, -0.05) is 84.4 Å². The van der Waals surface area contributed by atoms with Gasteiger partial charge in [0.1, 0.15) is 91.0 Å². The van der Waals surface area contributed by atoms with Crippen molar-refractivity contribution < 1.29 is 110 Å². The number of hydrogen-bond donors (Lipinski definition) is 7. The summed E-state index contributed by atoms with van der Waals surface area (Å²) in [6.07, 6.45) is 8.86. The standard InChI is InChI=1S/C19H18N2O5.2C15H12N2O4.2C14H14N2O3.C8H11NO.C7H12O4.C6H4ClNO2.C2Cl4O2/c1-3-26-19(24)15-16(22)14-5-4-10-20-17(14)21(18(15)23)11-12-6-8-13(25-2)9-7-12;2*1-20-11-6-4-10(5-7-11)9-17-13-12(3-2-8-16-13)14(18)21-15(17)19;2*1-19-11-6-4-10(5-7-11)9-16-13-12(14(17)18)3-2-8-15-13;1-10-8-4-2-7(6-9)3-5-8;1-3-10-6(8)5-7(9)11-4-2;7-5-4(6(9)10)2-1-3-8-5;3-1(7)8-2(4,5)6/h4-10,22H,3,11H2,1-2H3;2*2-8H,9H2,1H3;2*2-8H,9H2,1H3,(H,15,16)(H,17,18);2-5H,6,9H2,1H3;3-5H2,1-2H3;1-3H,(H,9,10);. The van der Waals surface area contributed by atoms with E-state index < -0.39 is 79.3 Å². The second-order valence-corrected chi connectivity index (χ2v) is 31.4. The monoisotopic (exact) mass is 2090 g/mol. The molecule has 0 saturated heterocycles. The number of rotatable bonds is 28. The number of nitrogens with two attached hydrogens (primary N) is 1. The highest BCUT2D eigenvalue weighted by Crippen LogP contribution is 2.30. The van der Waals surface area contributed by atoms with E-state index in [1.54, 1.807) is 161 Å². The molecule has 9 heterocycles. The minimum absolute atomic E-state index is 0.0231. The fourth-order valence-electron chi connectivity index (χ4n) is 12.1. The number of methoxy groups -OCH3 is 6. The molecule has 0 fully saturated rings. The number of benzene rings is 6. The number of esters is 3. The van der Waals surface area contributed by atoms with Crippen molar-refractivity contribution in [3.63, 3.8) is 0 Å². The summed E-state index contributed by atoms with van der Waals surface area (Å²) in [5.41, 5.74) is 8.87. The molecule has 760 valence electrons. The van der Waals surface area contributed by atoms with E-state index in [1.165, 1.54) is 62.8 Å². The van der Waals surface area contributed by atoms with Crippen LogP contribution in [0.4, 0.5) is 16.4 Å². The molecule has 0 radical (unpaired) electrons. The Morgan fingerprint density at radius 1 is 0.393 bits per heavy atom. The van der Waals surface area contributed by atoms with Crippen molar-refractivity contribution in [2.75, 3.05) is 73.1 Å². The van der Waals surface area contributed by atoms with Crippen LogP contribution in [0.5, 0.6) is 40.2 Å². The number of aromatic carboxylic acids is 3. The Morgan fingerprint density at radius 3 is 0.986 bits per heavy atom. The van der Waals surface area contributed by atoms with Gasteiger partial charge in [-0.3, -0.25) is 28.1 Å². The van der Waals surface area contributed by atoms with Gasteiger partial charge >= 0.3 is 68.0 Å². The Bertz CT molecular complexity index is 6830. The van der Waals surface area contributed by atoms with Crippen LogP contribution in [0.3, 0.4) is 0 Å². The van der Waals surface area contributed by atoms with Crippen molar-refractivity contribution in [3.8, 4) is 40.2 Å². The highest BCUT2D eigenvalue weighted by molar-refractivity contribution is 6.69. The van der Waals surface area contributed by atoms with Crippen LogP contribution in [0, 0.1) is 0 Å². The van der Waals surface area contributed by atoms with Gasteiger partial charge in [-0.25, -0.2) is 73.1 Å². The number of fused-ring (bicyclic) bond motifs is 3. The Balaban J connectivity index is 0.000000226. The first-order chi connectivity index (χ1) is 69.5. The van der Waals surface area contributed by atoms with Gasteiger partial charge in [0, 0.05) is 68.4 Å². The van der Waals surface area contributed by atoms with Crippen LogP contribution in [-0.2, 0) is 67.8 Å². The van der Waals surface area contributed by atoms with Crippen molar-refractivity contribution in [1.29, 1.82) is 0 Å². The lowest BCUT2D eigenvalue weighted by Crippen LogP contribution is -2.29. The second-order valence-electron chi connectivity index (χ2n) is 28.6. The lowest BCUT2D eigenvalue weighted by Gasteiger charge is -2.14. The summed E-state index contributed by atoms with van der Waals surface area (Å²) in [7, 11) is 9.62. The number of carbonyl (C=O) groups excluding carboxylic acids is 4. The Morgan fingerprint density at radius 2 is 0.690 bits per heavy atom. The van der Waals surface area contributed by atoms with Crippen LogP contribution >= 0.6 is 58.0 Å². The molecule has 0 aliphatic heterocycles. The quantitative estimate of drug-likeness (QED) is 0.00598. The molecule has 15 aromatic rings. The smallest absolute Gasteiger partial charge is 0.423 e. The molecule has 45 heteroatoms. The number of nitrogens with zero attached hydrogens (tertiary/aromatic N) is 9. The SMILES string of the molecule is CCOC(=O)CC(=O)OCC.CCOC(=O)c1c(O)c2cccnc2n(Cc2ccc(OC)cc2)c1=O.COc1ccc(CN)cc1.COc1ccc(CNc2ncccc2C(=O)O)cc1.COc1ccc(CNc2ncccc2C(=O)O)cc1.COc1ccc(Cn2c(=O)oc(=O)c3cccnc32)cc1.COc1ccc(Cn2c(=O)oc(=O)c3cccnc32)cc1.O=C(Cl)OC(Cl)(Cl)Cl.O=C(O)c1cccnc1Cl. The summed E-state index contributed by atoms with van der Waals surface area (Å²) in [6.45, 7) is 7.98. The summed E-state index contributed by atoms with van der Waals surface area (Å²) >= 11 is 24.9. The zero-order valence-corrected chi connectivity index (χ0v) is 82.7. The average molecular weight is 2090 g/mol. The van der Waals surface area contributed by atoms with Crippen LogP contribution in [0.25, 0.3) is 33.1 Å². The van der Waals surface area contributed by atoms with E-state index in [1.807, 2.05) is 109 Å². The van der Waals surface area contributed by atoms with Gasteiger partial charge in [-0.05, 0) is 235 Å². The predicted molar refractivity (Wildman–Crippen MR) is 540 cm³/mol. The maximum atomic E-state index is 12.9. The molecule has 0 unspecified atom stereocenters. The van der Waals surface area contributed by atoms with E-state index in [2.05, 4.69) is 66.3 Å². The highest BCUT2D eigenvalue weighted by atomic mass is 35.6. The fraction of sp³-hybridized carbons (Fsp3) is 0.200. The maximum Gasteiger partial charge on any atom is 0.423 e. The zero-order valence-electron chi connectivity index (χ0n) is 78.9. The summed E-state index contributed by atoms with van der Waals surface area (Å²) < 4.78 is 59.7. The van der Waals surface area contributed by atoms with E-state index in [0.717, 1.165) is 62.1 Å². The van der Waals surface area contributed by atoms with Gasteiger partial charge in [-0.15, -0.1) is 0 Å². The lowest BCUT2D eigenvalue weighted by atomic mass is 10.1. The summed E-state index contributed by atoms with van der Waals surface area (Å²) in [5.74, 6) is -1.50. The van der Waals surface area contributed by atoms with Gasteiger partial charge in [-0.2, -0.15) is 0 Å². The topological polar surface area (TPSA) is 547 Å². The maximum absolute atomic E-state index is 12.9. The van der Waals surface area contributed by atoms with Crippen LogP contribution in [0.15, 0.2) is 288 Å². The molecule has 145 heavy (non-hydrogen) atoms. The van der Waals surface area contributed by atoms with Gasteiger partial charge in [0.05, 0.1) is 93.1 Å². The van der Waals surface area contributed by atoms with E-state index in [9.17, 15) is 62.6 Å². The third kappa shape index (κ3) is 37.3. The van der Waals surface area contributed by atoms with Crippen LogP contribution in [-0.4, -0.2) is 172 Å².